The molecule has 0 bridgehead atoms. The van der Waals surface area contributed by atoms with Crippen LogP contribution in [0.4, 0.5) is 0 Å². The Kier molecular flexibility index (Phi) is 1.77. The number of aromatic nitrogens is 3. The Hall–Kier alpha value is -1.43. The number of hydrogen-bond donors (Lipinski definition) is 2. The van der Waals surface area contributed by atoms with Crippen molar-refractivity contribution in [2.45, 2.75) is 0 Å². The lowest BCUT2D eigenvalue weighted by molar-refractivity contribution is 0.100. The molecule has 0 aliphatic rings. The van der Waals surface area contributed by atoms with Gasteiger partial charge in [-0.3, -0.25) is 4.79 Å². The van der Waals surface area contributed by atoms with Crippen LogP contribution in [-0.2, 0) is 0 Å². The molecule has 0 atom stereocenters. The van der Waals surface area contributed by atoms with Gasteiger partial charge in [-0.1, -0.05) is 0 Å². The minimum atomic E-state index is -0.542. The second-order valence-electron chi connectivity index (χ2n) is 2.39. The average molecular weight is 240 g/mol. The van der Waals surface area contributed by atoms with E-state index in [1.165, 1.54) is 6.20 Å². The molecule has 2 aromatic heterocycles. The van der Waals surface area contributed by atoms with Gasteiger partial charge in [0.25, 0.3) is 5.91 Å². The highest BCUT2D eigenvalue weighted by Crippen LogP contribution is 2.21. The van der Waals surface area contributed by atoms with Crippen molar-refractivity contribution in [3.8, 4) is 0 Å². The largest absolute Gasteiger partial charge is 0.365 e. The molecule has 0 spiro atoms. The summed E-state index contributed by atoms with van der Waals surface area (Å²) >= 11 is 3.17. The van der Waals surface area contributed by atoms with Crippen molar-refractivity contribution in [3.05, 3.63) is 22.6 Å². The second-order valence-corrected chi connectivity index (χ2v) is 3.25. The van der Waals surface area contributed by atoms with E-state index in [2.05, 4.69) is 37.2 Å². The highest BCUT2D eigenvalue weighted by Gasteiger charge is 2.13. The Labute approximate surface area is 81.5 Å². The minimum Gasteiger partial charge on any atom is -0.365 e. The summed E-state index contributed by atoms with van der Waals surface area (Å²) in [7, 11) is 0. The summed E-state index contributed by atoms with van der Waals surface area (Å²) in [5.74, 6) is -0.542. The van der Waals surface area contributed by atoms with Crippen LogP contribution in [0.1, 0.15) is 10.4 Å². The summed E-state index contributed by atoms with van der Waals surface area (Å²) in [6, 6.07) is 0. The van der Waals surface area contributed by atoms with Gasteiger partial charge in [-0.05, 0) is 15.9 Å². The number of rotatable bonds is 1. The molecule has 0 unspecified atom stereocenters. The van der Waals surface area contributed by atoms with Crippen LogP contribution in [0.15, 0.2) is 10.7 Å². The Bertz CT molecular complexity index is 478. The number of carbonyl (C=O) groups excluding carboxylic acids is 1. The number of primary amides is 1. The third-order valence-corrected chi connectivity index (χ3v) is 2.20. The molecular weight excluding hydrogens is 236 g/mol. The maximum absolute atomic E-state index is 11.0. The van der Waals surface area contributed by atoms with Crippen molar-refractivity contribution < 1.29 is 4.79 Å². The first-order valence-electron chi connectivity index (χ1n) is 3.40. The third kappa shape index (κ3) is 1.19. The second kappa shape index (κ2) is 2.81. The van der Waals surface area contributed by atoms with Gasteiger partial charge in [0.05, 0.1) is 10.0 Å². The van der Waals surface area contributed by atoms with E-state index in [9.17, 15) is 4.79 Å². The smallest absolute Gasteiger partial charge is 0.252 e. The number of nitrogens with two attached hydrogens (primary N) is 1. The minimum absolute atomic E-state index is 0.322. The van der Waals surface area contributed by atoms with E-state index in [1.807, 2.05) is 0 Å². The normalized spacial score (nSPS) is 10.5. The Balaban J connectivity index is 2.88. The van der Waals surface area contributed by atoms with E-state index in [1.54, 1.807) is 0 Å². The molecule has 0 fully saturated rings. The molecule has 0 saturated heterocycles. The van der Waals surface area contributed by atoms with Crippen LogP contribution >= 0.6 is 15.9 Å². The van der Waals surface area contributed by atoms with Crippen molar-refractivity contribution in [3.63, 3.8) is 0 Å². The van der Waals surface area contributed by atoms with Gasteiger partial charge in [0.1, 0.15) is 5.52 Å². The van der Waals surface area contributed by atoms with Crippen LogP contribution in [0.2, 0.25) is 0 Å². The molecule has 1 radical (unpaired) electrons. The SMILES string of the molecule is NC(=O)c1c(Br)cnc2[nH][c]nc12. The van der Waals surface area contributed by atoms with Crippen LogP contribution in [0, 0.1) is 6.33 Å². The van der Waals surface area contributed by atoms with Crippen molar-refractivity contribution in [2.75, 3.05) is 0 Å². The van der Waals surface area contributed by atoms with Crippen LogP contribution in [0.5, 0.6) is 0 Å². The number of amides is 1. The standard InChI is InChI=1S/C7H4BrN4O/c8-3-1-10-7-5(11-2-12-7)4(3)6(9)13/h1H,(H2,9,13)(H,10,11,12). The fourth-order valence-corrected chi connectivity index (χ4v) is 1.54. The number of pyridine rings is 1. The highest BCUT2D eigenvalue weighted by molar-refractivity contribution is 9.10. The molecule has 0 aliphatic heterocycles. The van der Waals surface area contributed by atoms with Crippen LogP contribution in [-0.4, -0.2) is 20.9 Å². The molecule has 0 aliphatic carbocycles. The van der Waals surface area contributed by atoms with Crippen molar-refractivity contribution >= 4 is 33.0 Å². The maximum Gasteiger partial charge on any atom is 0.252 e. The van der Waals surface area contributed by atoms with Crippen molar-refractivity contribution in [2.24, 2.45) is 5.73 Å². The summed E-state index contributed by atoms with van der Waals surface area (Å²) < 4.78 is 0.535. The summed E-state index contributed by atoms with van der Waals surface area (Å²) in [5.41, 5.74) is 6.43. The van der Waals surface area contributed by atoms with Crippen molar-refractivity contribution in [1.29, 1.82) is 0 Å². The van der Waals surface area contributed by atoms with E-state index in [0.717, 1.165) is 0 Å². The molecule has 1 amide bonds. The number of nitrogens with zero attached hydrogens (tertiary/aromatic N) is 2. The molecule has 0 saturated carbocycles. The first-order valence-corrected chi connectivity index (χ1v) is 4.19. The summed E-state index contributed by atoms with van der Waals surface area (Å²) in [4.78, 5) is 21.5. The highest BCUT2D eigenvalue weighted by atomic mass is 79.9. The first kappa shape index (κ1) is 8.18. The lowest BCUT2D eigenvalue weighted by Crippen LogP contribution is -2.12. The predicted octanol–water partition coefficient (Wildman–Crippen LogP) is 0.619. The van der Waals surface area contributed by atoms with Gasteiger partial charge in [-0.15, -0.1) is 0 Å². The van der Waals surface area contributed by atoms with Gasteiger partial charge in [0.2, 0.25) is 0 Å². The molecule has 3 N–H and O–H groups in total. The van der Waals surface area contributed by atoms with Gasteiger partial charge in [-0.25, -0.2) is 9.97 Å². The monoisotopic (exact) mass is 239 g/mol. The summed E-state index contributed by atoms with van der Waals surface area (Å²) in [5, 5.41) is 0. The number of fused-ring (bicyclic) bond motifs is 1. The summed E-state index contributed by atoms with van der Waals surface area (Å²) in [6.07, 6.45) is 3.99. The molecule has 65 valence electrons. The molecule has 2 rings (SSSR count). The Morgan fingerprint density at radius 3 is 3.15 bits per heavy atom. The number of halogens is 1. The number of nitrogens with one attached hydrogen (secondary N) is 1. The maximum atomic E-state index is 11.0. The number of hydrogen-bond acceptors (Lipinski definition) is 3. The number of aromatic amines is 1. The predicted molar refractivity (Wildman–Crippen MR) is 48.9 cm³/mol. The summed E-state index contributed by atoms with van der Waals surface area (Å²) in [6.45, 7) is 0. The molecule has 0 aromatic carbocycles. The van der Waals surface area contributed by atoms with Gasteiger partial charge < -0.3 is 10.7 Å². The van der Waals surface area contributed by atoms with E-state index in [-0.39, 0.29) is 0 Å². The first-order chi connectivity index (χ1) is 6.20. The van der Waals surface area contributed by atoms with Gasteiger partial charge in [-0.2, -0.15) is 0 Å². The molecule has 2 heterocycles. The van der Waals surface area contributed by atoms with Crippen LogP contribution in [0.25, 0.3) is 11.2 Å². The van der Waals surface area contributed by atoms with Crippen molar-refractivity contribution in [1.82, 2.24) is 15.0 Å². The van der Waals surface area contributed by atoms with Gasteiger partial charge in [0.15, 0.2) is 12.0 Å². The molecule has 2 aromatic rings. The van der Waals surface area contributed by atoms with Gasteiger partial charge in [0, 0.05) is 6.20 Å². The average Bonchev–Trinajstić information content (AvgIpc) is 2.50. The Morgan fingerprint density at radius 2 is 2.46 bits per heavy atom. The number of carbonyl (C=O) groups is 1. The number of H-pyrrole nitrogens is 1. The van der Waals surface area contributed by atoms with E-state index in [4.69, 9.17) is 5.73 Å². The molecule has 13 heavy (non-hydrogen) atoms. The quantitative estimate of drug-likeness (QED) is 0.766. The number of imidazole rings is 1. The zero-order chi connectivity index (χ0) is 9.42. The van der Waals surface area contributed by atoms with Crippen LogP contribution in [0.3, 0.4) is 0 Å². The molecular formula is C7H4BrN4O. The topological polar surface area (TPSA) is 84.7 Å². The third-order valence-electron chi connectivity index (χ3n) is 1.60. The lowest BCUT2D eigenvalue weighted by atomic mass is 10.2. The zero-order valence-corrected chi connectivity index (χ0v) is 7.92. The van der Waals surface area contributed by atoms with E-state index < -0.39 is 5.91 Å². The van der Waals surface area contributed by atoms with Gasteiger partial charge >= 0.3 is 0 Å². The molecule has 5 nitrogen and oxygen atoms in total. The Morgan fingerprint density at radius 1 is 1.69 bits per heavy atom. The fraction of sp³-hybridized carbons (Fsp3) is 0. The zero-order valence-electron chi connectivity index (χ0n) is 6.34. The fourth-order valence-electron chi connectivity index (χ4n) is 1.05. The van der Waals surface area contributed by atoms with E-state index >= 15 is 0 Å². The van der Waals surface area contributed by atoms with Crippen LogP contribution < -0.4 is 5.73 Å². The van der Waals surface area contributed by atoms with E-state index in [0.29, 0.717) is 21.2 Å². The lowest BCUT2D eigenvalue weighted by Gasteiger charge is -1.98. The molecule has 6 heteroatoms.